The van der Waals surface area contributed by atoms with E-state index in [1.165, 1.54) is 0 Å². The fraction of sp³-hybridized carbons (Fsp3) is 0.350. The molecule has 2 aliphatic rings. The normalized spacial score (nSPS) is 17.0. The van der Waals surface area contributed by atoms with Gasteiger partial charge in [0.05, 0.1) is 26.4 Å². The Labute approximate surface area is 151 Å². The number of rotatable bonds is 3. The van der Waals surface area contributed by atoms with Gasteiger partial charge in [0.2, 0.25) is 0 Å². The molecule has 4 rings (SSSR count). The standard InChI is InChI=1S/C20H20O6/c21-19(13-3-5-15-17(11-13)25-9-1-7-23-15)20(22)14-4-6-16-18(12-14)26-10-2-8-24-16/h3-6,11-12,19,21H,1-2,7-10H2/t19-/m0/s1. The Morgan fingerprint density at radius 2 is 1.31 bits per heavy atom. The molecule has 1 N–H and O–H groups in total. The van der Waals surface area contributed by atoms with Gasteiger partial charge in [-0.25, -0.2) is 0 Å². The van der Waals surface area contributed by atoms with Crippen molar-refractivity contribution in [1.82, 2.24) is 0 Å². The summed E-state index contributed by atoms with van der Waals surface area (Å²) in [5.74, 6) is 1.91. The molecule has 0 bridgehead atoms. The molecule has 1 atom stereocenters. The zero-order valence-electron chi connectivity index (χ0n) is 14.3. The van der Waals surface area contributed by atoms with Crippen molar-refractivity contribution in [3.8, 4) is 23.0 Å². The zero-order chi connectivity index (χ0) is 17.9. The first-order chi connectivity index (χ1) is 12.7. The lowest BCUT2D eigenvalue weighted by molar-refractivity contribution is 0.0746. The van der Waals surface area contributed by atoms with Gasteiger partial charge in [0.25, 0.3) is 0 Å². The van der Waals surface area contributed by atoms with Crippen LogP contribution in [0.3, 0.4) is 0 Å². The van der Waals surface area contributed by atoms with Gasteiger partial charge in [0.15, 0.2) is 28.8 Å². The van der Waals surface area contributed by atoms with E-state index in [9.17, 15) is 9.90 Å². The smallest absolute Gasteiger partial charge is 0.195 e. The SMILES string of the molecule is O=C(c1ccc2c(c1)OCCCO2)[C@@H](O)c1ccc2c(c1)OCCCO2. The van der Waals surface area contributed by atoms with Gasteiger partial charge in [-0.05, 0) is 35.9 Å². The summed E-state index contributed by atoms with van der Waals surface area (Å²) in [5.41, 5.74) is 0.834. The number of carbonyl (C=O) groups excluding carboxylic acids is 1. The lowest BCUT2D eigenvalue weighted by Gasteiger charge is -2.14. The Morgan fingerprint density at radius 1 is 0.769 bits per heavy atom. The summed E-state index contributed by atoms with van der Waals surface area (Å²) in [5, 5.41) is 10.6. The van der Waals surface area contributed by atoms with Crippen LogP contribution in [-0.2, 0) is 0 Å². The molecule has 2 aromatic carbocycles. The lowest BCUT2D eigenvalue weighted by Crippen LogP contribution is -2.13. The third kappa shape index (κ3) is 3.32. The van der Waals surface area contributed by atoms with E-state index in [1.807, 2.05) is 0 Å². The van der Waals surface area contributed by atoms with E-state index < -0.39 is 11.9 Å². The third-order valence-corrected chi connectivity index (χ3v) is 4.37. The van der Waals surface area contributed by atoms with E-state index in [1.54, 1.807) is 36.4 Å². The first kappa shape index (κ1) is 16.7. The van der Waals surface area contributed by atoms with Crippen molar-refractivity contribution in [1.29, 1.82) is 0 Å². The molecule has 0 aromatic heterocycles. The second-order valence-electron chi connectivity index (χ2n) is 6.24. The Balaban J connectivity index is 1.58. The van der Waals surface area contributed by atoms with Crippen LogP contribution in [0.5, 0.6) is 23.0 Å². The maximum Gasteiger partial charge on any atom is 0.195 e. The van der Waals surface area contributed by atoms with Crippen LogP contribution in [0.1, 0.15) is 34.9 Å². The molecule has 6 nitrogen and oxygen atoms in total. The van der Waals surface area contributed by atoms with E-state index >= 15 is 0 Å². The highest BCUT2D eigenvalue weighted by Crippen LogP contribution is 2.35. The highest BCUT2D eigenvalue weighted by atomic mass is 16.5. The average Bonchev–Trinajstić information content (AvgIpc) is 3.05. The summed E-state index contributed by atoms with van der Waals surface area (Å²) in [4.78, 5) is 12.7. The first-order valence-corrected chi connectivity index (χ1v) is 8.74. The molecule has 26 heavy (non-hydrogen) atoms. The quantitative estimate of drug-likeness (QED) is 0.853. The zero-order valence-corrected chi connectivity index (χ0v) is 14.3. The summed E-state index contributed by atoms with van der Waals surface area (Å²) in [7, 11) is 0. The number of aliphatic hydroxyl groups excluding tert-OH is 1. The predicted molar refractivity (Wildman–Crippen MR) is 93.4 cm³/mol. The van der Waals surface area contributed by atoms with E-state index in [0.717, 1.165) is 12.8 Å². The number of hydrogen-bond acceptors (Lipinski definition) is 6. The van der Waals surface area contributed by atoms with Gasteiger partial charge in [-0.3, -0.25) is 4.79 Å². The molecule has 2 aliphatic heterocycles. The number of hydrogen-bond donors (Lipinski definition) is 1. The summed E-state index contributed by atoms with van der Waals surface area (Å²) in [6.45, 7) is 2.25. The van der Waals surface area contributed by atoms with Gasteiger partial charge < -0.3 is 24.1 Å². The maximum atomic E-state index is 12.7. The van der Waals surface area contributed by atoms with Gasteiger partial charge >= 0.3 is 0 Å². The summed E-state index contributed by atoms with van der Waals surface area (Å²) in [6, 6.07) is 10.0. The highest BCUT2D eigenvalue weighted by molar-refractivity contribution is 6.00. The molecule has 0 amide bonds. The minimum Gasteiger partial charge on any atom is -0.490 e. The van der Waals surface area contributed by atoms with Crippen molar-refractivity contribution in [3.05, 3.63) is 47.5 Å². The van der Waals surface area contributed by atoms with Crippen LogP contribution in [-0.4, -0.2) is 37.3 Å². The minimum absolute atomic E-state index is 0.369. The topological polar surface area (TPSA) is 74.2 Å². The van der Waals surface area contributed by atoms with Crippen LogP contribution in [0.2, 0.25) is 0 Å². The van der Waals surface area contributed by atoms with E-state index in [0.29, 0.717) is 60.6 Å². The molecule has 0 radical (unpaired) electrons. The number of ketones is 1. The molecule has 2 heterocycles. The molecule has 0 saturated heterocycles. The van der Waals surface area contributed by atoms with Gasteiger partial charge in [0, 0.05) is 18.4 Å². The second-order valence-corrected chi connectivity index (χ2v) is 6.24. The van der Waals surface area contributed by atoms with Crippen molar-refractivity contribution < 1.29 is 28.8 Å². The molecule has 0 aliphatic carbocycles. The van der Waals surface area contributed by atoms with Gasteiger partial charge in [0.1, 0.15) is 6.10 Å². The Bertz CT molecular complexity index is 816. The monoisotopic (exact) mass is 356 g/mol. The van der Waals surface area contributed by atoms with Crippen molar-refractivity contribution in [2.24, 2.45) is 0 Å². The van der Waals surface area contributed by atoms with Crippen LogP contribution in [0.4, 0.5) is 0 Å². The Kier molecular flexibility index (Phi) is 4.67. The molecular formula is C20H20O6. The third-order valence-electron chi connectivity index (χ3n) is 4.37. The molecule has 0 saturated carbocycles. The van der Waals surface area contributed by atoms with Gasteiger partial charge in [-0.2, -0.15) is 0 Å². The van der Waals surface area contributed by atoms with Crippen LogP contribution in [0, 0.1) is 0 Å². The molecule has 0 fully saturated rings. The van der Waals surface area contributed by atoms with Crippen LogP contribution in [0.25, 0.3) is 0 Å². The number of ether oxygens (including phenoxy) is 4. The highest BCUT2D eigenvalue weighted by Gasteiger charge is 2.23. The fourth-order valence-electron chi connectivity index (χ4n) is 2.98. The van der Waals surface area contributed by atoms with Crippen molar-refractivity contribution in [2.45, 2.75) is 18.9 Å². The molecule has 6 heteroatoms. The maximum absolute atomic E-state index is 12.7. The number of carbonyl (C=O) groups is 1. The number of benzene rings is 2. The van der Waals surface area contributed by atoms with E-state index in [4.69, 9.17) is 18.9 Å². The molecule has 0 unspecified atom stereocenters. The van der Waals surface area contributed by atoms with Crippen molar-refractivity contribution >= 4 is 5.78 Å². The van der Waals surface area contributed by atoms with Gasteiger partial charge in [-0.15, -0.1) is 0 Å². The molecule has 2 aromatic rings. The van der Waals surface area contributed by atoms with Crippen LogP contribution >= 0.6 is 0 Å². The van der Waals surface area contributed by atoms with Crippen molar-refractivity contribution in [2.75, 3.05) is 26.4 Å². The lowest BCUT2D eigenvalue weighted by atomic mass is 9.99. The predicted octanol–water partition coefficient (Wildman–Crippen LogP) is 2.93. The summed E-state index contributed by atoms with van der Waals surface area (Å²) >= 11 is 0. The summed E-state index contributed by atoms with van der Waals surface area (Å²) < 4.78 is 22.4. The minimum atomic E-state index is -1.29. The van der Waals surface area contributed by atoms with Crippen LogP contribution < -0.4 is 18.9 Å². The number of aliphatic hydroxyl groups is 1. The Hall–Kier alpha value is -2.73. The number of fused-ring (bicyclic) bond motifs is 2. The fourth-order valence-corrected chi connectivity index (χ4v) is 2.98. The van der Waals surface area contributed by atoms with Gasteiger partial charge in [-0.1, -0.05) is 6.07 Å². The van der Waals surface area contributed by atoms with Crippen LogP contribution in [0.15, 0.2) is 36.4 Å². The molecule has 136 valence electrons. The first-order valence-electron chi connectivity index (χ1n) is 8.74. The second kappa shape index (κ2) is 7.25. The molecule has 0 spiro atoms. The van der Waals surface area contributed by atoms with E-state index in [2.05, 4.69) is 0 Å². The average molecular weight is 356 g/mol. The van der Waals surface area contributed by atoms with Crippen molar-refractivity contribution in [3.63, 3.8) is 0 Å². The summed E-state index contributed by atoms with van der Waals surface area (Å²) in [6.07, 6.45) is 0.289. The number of Topliss-reactive ketones (excluding diaryl/α,β-unsaturated/α-hetero) is 1. The molecular weight excluding hydrogens is 336 g/mol. The largest absolute Gasteiger partial charge is 0.490 e. The van der Waals surface area contributed by atoms with E-state index in [-0.39, 0.29) is 0 Å². The Morgan fingerprint density at radius 3 is 1.96 bits per heavy atom.